The van der Waals surface area contributed by atoms with E-state index in [1.807, 2.05) is 0 Å². The second kappa shape index (κ2) is 30.7. The number of carbonyl (C=O) groups is 4. The van der Waals surface area contributed by atoms with Gasteiger partial charge in [0, 0.05) is 5.75 Å². The summed E-state index contributed by atoms with van der Waals surface area (Å²) in [7, 11) is 0. The van der Waals surface area contributed by atoms with Crippen molar-refractivity contribution in [1.29, 1.82) is 0 Å². The van der Waals surface area contributed by atoms with E-state index in [-0.39, 0.29) is 116 Å². The second-order valence-electron chi connectivity index (χ2n) is 8.34. The fraction of sp³-hybridized carbons (Fsp3) is 0.818. The van der Waals surface area contributed by atoms with Gasteiger partial charge in [0.25, 0.3) is 0 Å². The van der Waals surface area contributed by atoms with Crippen LogP contribution in [0.3, 0.4) is 0 Å². The molecule has 0 aromatic carbocycles. The third-order valence-electron chi connectivity index (χ3n) is 4.94. The van der Waals surface area contributed by atoms with Crippen LogP contribution < -0.4 is 59.1 Å². The number of aliphatic hydroxyl groups is 2. The van der Waals surface area contributed by atoms with Gasteiger partial charge in [0.2, 0.25) is 0 Å². The van der Waals surface area contributed by atoms with Crippen molar-refractivity contribution in [1.82, 2.24) is 0 Å². The summed E-state index contributed by atoms with van der Waals surface area (Å²) in [6.07, 6.45) is 0.148. The molecule has 0 aliphatic rings. The normalized spacial score (nSPS) is 14.3. The molecule has 0 saturated heterocycles. The van der Waals surface area contributed by atoms with Crippen molar-refractivity contribution in [2.24, 2.45) is 23.7 Å². The van der Waals surface area contributed by atoms with Crippen molar-refractivity contribution >= 4 is 61.6 Å². The Bertz CT molecular complexity index is 591. The number of carbonyl (C=O) groups excluding carboxylic acids is 2. The van der Waals surface area contributed by atoms with E-state index in [9.17, 15) is 19.2 Å². The molecule has 0 aliphatic carbocycles. The van der Waals surface area contributed by atoms with E-state index in [0.29, 0.717) is 25.7 Å². The van der Waals surface area contributed by atoms with Crippen LogP contribution in [0.25, 0.3) is 0 Å². The standard InChI is InChI=1S/C11H19ClO5.C11H20O5S.2Na.H2O.H2S.H/c1-7(10(14)15)3-4-8(2)11(16)17-6-9(13)5-12;1-7(10(13)14)3-4-8(2)11(15)16-5-9(12)6-17;;;;;/h7-9,13H,3-6H2,1-2H3,(H,14,15);7-9,12,17H,3-6H2,1-2H3,(H,13,14);;;2*1H2;/q;;2*+1;;;-1/p-1. The quantitative estimate of drug-likeness (QED) is 0.0488. The van der Waals surface area contributed by atoms with Gasteiger partial charge in [-0.2, -0.15) is 26.1 Å². The summed E-state index contributed by atoms with van der Waals surface area (Å²) >= 11 is 9.20. The molecule has 0 saturated carbocycles. The number of thiol groups is 1. The van der Waals surface area contributed by atoms with Gasteiger partial charge < -0.3 is 36.8 Å². The summed E-state index contributed by atoms with van der Waals surface area (Å²) in [6.45, 7) is 6.36. The van der Waals surface area contributed by atoms with Crippen LogP contribution in [0, 0.1) is 23.7 Å². The number of rotatable bonds is 16. The Morgan fingerprint density at radius 1 is 0.737 bits per heavy atom. The molecule has 0 spiro atoms. The Labute approximate surface area is 288 Å². The van der Waals surface area contributed by atoms with Crippen molar-refractivity contribution in [2.75, 3.05) is 24.8 Å². The molecule has 218 valence electrons. The maximum Gasteiger partial charge on any atom is 1.00 e. The molecule has 5 N–H and O–H groups in total. The second-order valence-corrected chi connectivity index (χ2v) is 9.01. The van der Waals surface area contributed by atoms with Crippen LogP contribution in [-0.2, 0) is 28.7 Å². The number of hydrogen-bond acceptors (Lipinski definition) is 10. The third kappa shape index (κ3) is 28.3. The molecular formula is C22H43ClNa2O11S2. The molecule has 0 aromatic heterocycles. The van der Waals surface area contributed by atoms with Crippen LogP contribution in [0.1, 0.15) is 54.8 Å². The van der Waals surface area contributed by atoms with Crippen LogP contribution >= 0.6 is 37.7 Å². The minimum absolute atomic E-state index is 0. The van der Waals surface area contributed by atoms with Gasteiger partial charge in [-0.25, -0.2) is 0 Å². The summed E-state index contributed by atoms with van der Waals surface area (Å²) in [4.78, 5) is 44.0. The van der Waals surface area contributed by atoms with Crippen molar-refractivity contribution < 1.29 is 115 Å². The summed E-state index contributed by atoms with van der Waals surface area (Å²) < 4.78 is 9.69. The van der Waals surface area contributed by atoms with Crippen molar-refractivity contribution in [2.45, 2.75) is 65.6 Å². The first kappa shape index (κ1) is 51.5. The summed E-state index contributed by atoms with van der Waals surface area (Å²) in [5, 5.41) is 35.6. The van der Waals surface area contributed by atoms with Crippen molar-refractivity contribution in [3.05, 3.63) is 0 Å². The first-order valence-electron chi connectivity index (χ1n) is 11.1. The van der Waals surface area contributed by atoms with E-state index >= 15 is 0 Å². The fourth-order valence-electron chi connectivity index (χ4n) is 2.22. The zero-order chi connectivity index (χ0) is 26.8. The molecule has 38 heavy (non-hydrogen) atoms. The maximum atomic E-state index is 11.4. The molecule has 16 heteroatoms. The van der Waals surface area contributed by atoms with E-state index in [0.717, 1.165) is 0 Å². The molecule has 0 fully saturated rings. The zero-order valence-corrected chi connectivity index (χ0v) is 29.8. The van der Waals surface area contributed by atoms with Gasteiger partial charge in [-0.15, -0.1) is 11.6 Å². The van der Waals surface area contributed by atoms with Gasteiger partial charge in [0.15, 0.2) is 0 Å². The van der Waals surface area contributed by atoms with E-state index in [2.05, 4.69) is 12.6 Å². The van der Waals surface area contributed by atoms with E-state index in [1.165, 1.54) is 0 Å². The molecule has 0 bridgehead atoms. The maximum absolute atomic E-state index is 11.4. The SMILES string of the molecule is CC(CCC(C)C(=O)OCC(O)CCl)C(=O)O.CC(CCC(C)C(=O)OCC(O)CS)C(=O)O.S.[H-].[Na+].[Na+].[OH-]. The Balaban J connectivity index is -0.0000000931. The van der Waals surface area contributed by atoms with Gasteiger partial charge in [0.05, 0.1) is 35.7 Å². The number of halogens is 1. The van der Waals surface area contributed by atoms with Crippen LogP contribution in [0.15, 0.2) is 0 Å². The summed E-state index contributed by atoms with van der Waals surface area (Å²) in [6, 6.07) is 0. The summed E-state index contributed by atoms with van der Waals surface area (Å²) in [5.74, 6) is -4.01. The number of carboxylic acid groups (broad SMARTS) is 2. The first-order valence-corrected chi connectivity index (χ1v) is 12.2. The van der Waals surface area contributed by atoms with Crippen LogP contribution in [0.5, 0.6) is 0 Å². The monoisotopic (exact) mass is 628 g/mol. The zero-order valence-electron chi connectivity index (χ0n) is 24.1. The van der Waals surface area contributed by atoms with Gasteiger partial charge >= 0.3 is 83.0 Å². The topological polar surface area (TPSA) is 198 Å². The Morgan fingerprint density at radius 3 is 1.29 bits per heavy atom. The van der Waals surface area contributed by atoms with E-state index in [4.69, 9.17) is 41.5 Å². The van der Waals surface area contributed by atoms with Crippen LogP contribution in [0.2, 0.25) is 0 Å². The molecule has 6 unspecified atom stereocenters. The average molecular weight is 629 g/mol. The Hall–Kier alpha value is 0.750. The van der Waals surface area contributed by atoms with Crippen LogP contribution in [-0.4, -0.2) is 86.8 Å². The molecule has 0 radical (unpaired) electrons. The van der Waals surface area contributed by atoms with Crippen molar-refractivity contribution in [3.8, 4) is 0 Å². The van der Waals surface area contributed by atoms with Gasteiger partial charge in [0.1, 0.15) is 19.3 Å². The van der Waals surface area contributed by atoms with Gasteiger partial charge in [-0.05, 0) is 25.7 Å². The molecule has 0 aromatic rings. The Kier molecular flexibility index (Phi) is 41.6. The Morgan fingerprint density at radius 2 is 1.03 bits per heavy atom. The van der Waals surface area contributed by atoms with Crippen LogP contribution in [0.4, 0.5) is 0 Å². The number of aliphatic carboxylic acids is 2. The number of hydrogen-bond donors (Lipinski definition) is 5. The number of esters is 2. The predicted molar refractivity (Wildman–Crippen MR) is 142 cm³/mol. The first-order chi connectivity index (χ1) is 15.8. The molecule has 6 atom stereocenters. The fourth-order valence-corrected chi connectivity index (χ4v) is 2.42. The summed E-state index contributed by atoms with van der Waals surface area (Å²) in [5.41, 5.74) is 0. The number of aliphatic hydroxyl groups excluding tert-OH is 2. The molecular weight excluding hydrogens is 586 g/mol. The third-order valence-corrected chi connectivity index (χ3v) is 5.72. The minimum Gasteiger partial charge on any atom is -1.00 e. The minimum atomic E-state index is -0.872. The van der Waals surface area contributed by atoms with Crippen molar-refractivity contribution in [3.63, 3.8) is 0 Å². The van der Waals surface area contributed by atoms with E-state index in [1.54, 1.807) is 27.7 Å². The average Bonchev–Trinajstić information content (AvgIpc) is 2.81. The van der Waals surface area contributed by atoms with Gasteiger partial charge in [-0.3, -0.25) is 19.2 Å². The number of carboxylic acids is 2. The van der Waals surface area contributed by atoms with E-state index < -0.39 is 47.9 Å². The largest absolute Gasteiger partial charge is 1.00 e. The smallest absolute Gasteiger partial charge is 1.00 e. The molecule has 0 amide bonds. The number of alkyl halides is 1. The van der Waals surface area contributed by atoms with Gasteiger partial charge in [-0.1, -0.05) is 27.7 Å². The molecule has 0 rings (SSSR count). The number of ether oxygens (including phenoxy) is 2. The molecule has 0 aliphatic heterocycles. The molecule has 11 nitrogen and oxygen atoms in total. The molecule has 0 heterocycles. The predicted octanol–water partition coefficient (Wildman–Crippen LogP) is -3.72.